The molecule has 1 heterocycles. The van der Waals surface area contributed by atoms with Crippen molar-refractivity contribution in [3.63, 3.8) is 0 Å². The minimum atomic E-state index is -0.500. The molecule has 1 amide bonds. The summed E-state index contributed by atoms with van der Waals surface area (Å²) in [4.78, 5) is 20.4. The number of amides is 1. The molecule has 0 spiro atoms. The Morgan fingerprint density at radius 3 is 2.57 bits per heavy atom. The van der Waals surface area contributed by atoms with Crippen LogP contribution >= 0.6 is 24.0 Å². The van der Waals surface area contributed by atoms with Crippen molar-refractivity contribution in [2.45, 2.75) is 46.4 Å². The summed E-state index contributed by atoms with van der Waals surface area (Å²) in [6.07, 6.45) is 5.11. The number of aliphatic imine (C=N–C) groups is 1. The van der Waals surface area contributed by atoms with Crippen molar-refractivity contribution in [2.75, 3.05) is 19.6 Å². The number of hydrogen-bond acceptors (Lipinski definition) is 4. The molecule has 1 aromatic carbocycles. The molecule has 30 heavy (non-hydrogen) atoms. The molecule has 8 nitrogen and oxygen atoms in total. The number of carbonyl (C=O) groups excluding carboxylic acids is 1. The summed E-state index contributed by atoms with van der Waals surface area (Å²) in [7, 11) is 0. The molecule has 1 aromatic heterocycles. The van der Waals surface area contributed by atoms with Crippen LogP contribution in [-0.2, 0) is 17.8 Å². The maximum Gasteiger partial charge on any atom is 0.407 e. The van der Waals surface area contributed by atoms with E-state index in [2.05, 4.69) is 44.1 Å². The Morgan fingerprint density at radius 2 is 1.90 bits per heavy atom. The van der Waals surface area contributed by atoms with Gasteiger partial charge in [-0.3, -0.25) is 0 Å². The molecule has 2 rings (SSSR count). The van der Waals surface area contributed by atoms with Gasteiger partial charge in [-0.25, -0.2) is 14.8 Å². The summed E-state index contributed by atoms with van der Waals surface area (Å²) in [5, 5.41) is 9.15. The highest BCUT2D eigenvalue weighted by atomic mass is 127. The van der Waals surface area contributed by atoms with Crippen molar-refractivity contribution < 1.29 is 9.53 Å². The molecule has 0 aliphatic carbocycles. The van der Waals surface area contributed by atoms with Gasteiger partial charge < -0.3 is 25.3 Å². The Labute approximate surface area is 195 Å². The van der Waals surface area contributed by atoms with E-state index >= 15 is 0 Å². The van der Waals surface area contributed by atoms with E-state index in [1.165, 1.54) is 5.56 Å². The molecule has 2 aromatic rings. The molecule has 166 valence electrons. The predicted octanol–water partition coefficient (Wildman–Crippen LogP) is 3.13. The van der Waals surface area contributed by atoms with Crippen molar-refractivity contribution in [3.05, 3.63) is 54.1 Å². The van der Waals surface area contributed by atoms with Gasteiger partial charge in [0.15, 0.2) is 5.96 Å². The SMILES string of the molecule is CCNC(=NCc1cccc(Cn2ccnc2)c1)NCCNC(=O)OC(C)(C)C.I. The third kappa shape index (κ3) is 10.5. The fraction of sp³-hybridized carbons (Fsp3) is 0.476. The van der Waals surface area contributed by atoms with E-state index in [1.54, 1.807) is 6.20 Å². The zero-order valence-corrected chi connectivity index (χ0v) is 20.5. The lowest BCUT2D eigenvalue weighted by molar-refractivity contribution is 0.0529. The Bertz CT molecular complexity index is 787. The first-order valence-corrected chi connectivity index (χ1v) is 9.88. The van der Waals surface area contributed by atoms with Gasteiger partial charge in [0.1, 0.15) is 5.60 Å². The molecular formula is C21H33IN6O2. The topological polar surface area (TPSA) is 92.6 Å². The zero-order chi connectivity index (χ0) is 21.1. The lowest BCUT2D eigenvalue weighted by Crippen LogP contribution is -2.42. The number of hydrogen-bond donors (Lipinski definition) is 3. The van der Waals surface area contributed by atoms with Crippen LogP contribution in [0, 0.1) is 0 Å². The quantitative estimate of drug-likeness (QED) is 0.212. The van der Waals surface area contributed by atoms with Crippen LogP contribution in [-0.4, -0.2) is 46.8 Å². The number of carbonyl (C=O) groups is 1. The normalized spacial score (nSPS) is 11.4. The van der Waals surface area contributed by atoms with Crippen LogP contribution < -0.4 is 16.0 Å². The number of imidazole rings is 1. The largest absolute Gasteiger partial charge is 0.444 e. The second-order valence-corrected chi connectivity index (χ2v) is 7.61. The number of alkyl carbamates (subject to hydrolysis) is 1. The average Bonchev–Trinajstić information content (AvgIpc) is 3.15. The van der Waals surface area contributed by atoms with E-state index in [-0.39, 0.29) is 24.0 Å². The third-order valence-corrected chi connectivity index (χ3v) is 3.77. The number of aromatic nitrogens is 2. The van der Waals surface area contributed by atoms with Crippen molar-refractivity contribution in [3.8, 4) is 0 Å². The van der Waals surface area contributed by atoms with Crippen molar-refractivity contribution in [1.29, 1.82) is 0 Å². The first kappa shape index (κ1) is 25.7. The molecule has 0 bridgehead atoms. The van der Waals surface area contributed by atoms with Crippen LogP contribution in [0.1, 0.15) is 38.8 Å². The molecule has 3 N–H and O–H groups in total. The van der Waals surface area contributed by atoms with Gasteiger partial charge in [0.05, 0.1) is 12.9 Å². The second-order valence-electron chi connectivity index (χ2n) is 7.61. The monoisotopic (exact) mass is 528 g/mol. The number of nitrogens with zero attached hydrogens (tertiary/aromatic N) is 3. The van der Waals surface area contributed by atoms with E-state index < -0.39 is 11.7 Å². The summed E-state index contributed by atoms with van der Waals surface area (Å²) in [5.74, 6) is 0.707. The summed E-state index contributed by atoms with van der Waals surface area (Å²) < 4.78 is 7.25. The van der Waals surface area contributed by atoms with Crippen molar-refractivity contribution in [2.24, 2.45) is 4.99 Å². The van der Waals surface area contributed by atoms with Crippen LogP contribution in [0.5, 0.6) is 0 Å². The molecule has 0 unspecified atom stereocenters. The van der Waals surface area contributed by atoms with E-state index in [0.29, 0.717) is 25.6 Å². The average molecular weight is 528 g/mol. The van der Waals surface area contributed by atoms with Gasteiger partial charge >= 0.3 is 6.09 Å². The van der Waals surface area contributed by atoms with Crippen LogP contribution in [0.3, 0.4) is 0 Å². The third-order valence-electron chi connectivity index (χ3n) is 3.77. The van der Waals surface area contributed by atoms with Crippen molar-refractivity contribution >= 4 is 36.0 Å². The number of nitrogens with one attached hydrogen (secondary N) is 3. The number of rotatable bonds is 8. The first-order valence-electron chi connectivity index (χ1n) is 9.88. The van der Waals surface area contributed by atoms with E-state index in [9.17, 15) is 4.79 Å². The molecular weight excluding hydrogens is 495 g/mol. The van der Waals surface area contributed by atoms with E-state index in [0.717, 1.165) is 18.7 Å². The zero-order valence-electron chi connectivity index (χ0n) is 18.1. The minimum Gasteiger partial charge on any atom is -0.444 e. The molecule has 0 radical (unpaired) electrons. The highest BCUT2D eigenvalue weighted by Gasteiger charge is 2.15. The maximum absolute atomic E-state index is 11.7. The van der Waals surface area contributed by atoms with Crippen LogP contribution in [0.15, 0.2) is 48.0 Å². The molecule has 0 atom stereocenters. The van der Waals surface area contributed by atoms with Gasteiger partial charge in [-0.2, -0.15) is 0 Å². The molecule has 9 heteroatoms. The number of ether oxygens (including phenoxy) is 1. The fourth-order valence-electron chi connectivity index (χ4n) is 2.59. The van der Waals surface area contributed by atoms with Crippen LogP contribution in [0.4, 0.5) is 4.79 Å². The summed E-state index contributed by atoms with van der Waals surface area (Å²) >= 11 is 0. The first-order chi connectivity index (χ1) is 13.9. The Balaban J connectivity index is 0.00000450. The van der Waals surface area contributed by atoms with E-state index in [4.69, 9.17) is 4.74 Å². The second kappa shape index (κ2) is 13.1. The standard InChI is InChI=1S/C21H32N6O2.HI/c1-5-23-19(24-9-10-25-20(28)29-21(2,3)4)26-14-17-7-6-8-18(13-17)15-27-12-11-22-16-27;/h6-8,11-13,16H,5,9-10,14-15H2,1-4H3,(H,25,28)(H2,23,24,26);1H. The number of guanidine groups is 1. The van der Waals surface area contributed by atoms with Crippen LogP contribution in [0.25, 0.3) is 0 Å². The van der Waals surface area contributed by atoms with Gasteiger partial charge in [0.25, 0.3) is 0 Å². The lowest BCUT2D eigenvalue weighted by Gasteiger charge is -2.19. The molecule has 0 saturated carbocycles. The van der Waals surface area contributed by atoms with Gasteiger partial charge in [0, 0.05) is 38.6 Å². The van der Waals surface area contributed by atoms with Gasteiger partial charge in [-0.05, 0) is 38.8 Å². The van der Waals surface area contributed by atoms with Crippen LogP contribution in [0.2, 0.25) is 0 Å². The Morgan fingerprint density at radius 1 is 1.17 bits per heavy atom. The highest BCUT2D eigenvalue weighted by Crippen LogP contribution is 2.08. The maximum atomic E-state index is 11.7. The Hall–Kier alpha value is -2.30. The predicted molar refractivity (Wildman–Crippen MR) is 130 cm³/mol. The molecule has 0 saturated heterocycles. The van der Waals surface area contributed by atoms with Gasteiger partial charge in [0.2, 0.25) is 0 Å². The van der Waals surface area contributed by atoms with Crippen molar-refractivity contribution in [1.82, 2.24) is 25.5 Å². The highest BCUT2D eigenvalue weighted by molar-refractivity contribution is 14.0. The lowest BCUT2D eigenvalue weighted by atomic mass is 10.1. The van der Waals surface area contributed by atoms with Gasteiger partial charge in [-0.1, -0.05) is 24.3 Å². The fourth-order valence-corrected chi connectivity index (χ4v) is 2.59. The summed E-state index contributed by atoms with van der Waals surface area (Å²) in [6.45, 7) is 10.6. The molecule has 0 fully saturated rings. The Kier molecular flexibility index (Phi) is 11.2. The summed E-state index contributed by atoms with van der Waals surface area (Å²) in [6, 6.07) is 8.35. The van der Waals surface area contributed by atoms with E-state index in [1.807, 2.05) is 50.9 Å². The number of halogens is 1. The molecule has 0 aliphatic heterocycles. The van der Waals surface area contributed by atoms with Gasteiger partial charge in [-0.15, -0.1) is 24.0 Å². The summed E-state index contributed by atoms with van der Waals surface area (Å²) in [5.41, 5.74) is 1.84. The minimum absolute atomic E-state index is 0. The smallest absolute Gasteiger partial charge is 0.407 e. The number of benzene rings is 1. The molecule has 0 aliphatic rings.